The summed E-state index contributed by atoms with van der Waals surface area (Å²) in [6.45, 7) is 20.4. The first-order valence-electron chi connectivity index (χ1n) is 22.2. The lowest BCUT2D eigenvalue weighted by Gasteiger charge is -2.35. The maximum absolute atomic E-state index is 12.3. The molecule has 8 rings (SSSR count). The maximum Gasteiger partial charge on any atom is 0.316 e. The highest BCUT2D eigenvalue weighted by atomic mass is 16.7. The first-order valence-corrected chi connectivity index (χ1v) is 22.2. The molecule has 0 spiro atoms. The van der Waals surface area contributed by atoms with E-state index in [0.29, 0.717) is 29.4 Å². The molecule has 0 aliphatic heterocycles. The molecule has 4 aromatic rings. The summed E-state index contributed by atoms with van der Waals surface area (Å²) in [6.07, 6.45) is 8.38. The van der Waals surface area contributed by atoms with Crippen LogP contribution in [-0.4, -0.2) is 29.4 Å². The van der Waals surface area contributed by atoms with Crippen LogP contribution in [0.2, 0.25) is 0 Å². The molecule has 3 fully saturated rings. The van der Waals surface area contributed by atoms with Crippen LogP contribution in [0.1, 0.15) is 137 Å². The number of aromatic hydroxyl groups is 1. The van der Waals surface area contributed by atoms with Gasteiger partial charge in [-0.2, -0.15) is 0 Å². The fourth-order valence-electron chi connectivity index (χ4n) is 9.37. The Morgan fingerprint density at radius 2 is 1.17 bits per heavy atom. The standard InChI is InChI=1S/C26H38O4.C14H14.C12H16O3/c1-6-26(4,5)25(27)29-19-12-10-18(11-13-19)28-24(16(2)3)30-23-15-17-14-22(23)21-9-7-8-20(17)21;1-9-10(2)13-8-4-6-11-5-3-7-12(9)14(11)13;1-4-12(2,3)11(14)15-10-7-5-9(13)6-8-10/h10-13,16-17,20-24H,6-9,14-15H2,1-5H3;3-10H,1-2H3;5-8,13H,4H2,1-3H3. The third kappa shape index (κ3) is 9.99. The van der Waals surface area contributed by atoms with Crippen LogP contribution in [0.25, 0.3) is 10.8 Å². The monoisotopic (exact) mass is 804 g/mol. The Balaban J connectivity index is 0.000000168. The number of rotatable bonds is 11. The topological polar surface area (TPSA) is 91.3 Å². The van der Waals surface area contributed by atoms with E-state index in [1.54, 1.807) is 24.3 Å². The van der Waals surface area contributed by atoms with Crippen LogP contribution in [0.5, 0.6) is 23.0 Å². The van der Waals surface area contributed by atoms with E-state index < -0.39 is 10.8 Å². The quantitative estimate of drug-likeness (QED) is 0.0917. The second kappa shape index (κ2) is 18.5. The molecule has 0 radical (unpaired) electrons. The average molecular weight is 805 g/mol. The fourth-order valence-corrected chi connectivity index (χ4v) is 9.37. The Morgan fingerprint density at radius 1 is 0.678 bits per heavy atom. The largest absolute Gasteiger partial charge is 0.508 e. The summed E-state index contributed by atoms with van der Waals surface area (Å²) in [5.41, 5.74) is 2.11. The molecular formula is C52H68O7. The van der Waals surface area contributed by atoms with Crippen molar-refractivity contribution >= 4 is 22.7 Å². The van der Waals surface area contributed by atoms with E-state index in [4.69, 9.17) is 24.1 Å². The second-order valence-electron chi connectivity index (χ2n) is 19.1. The number of phenolic OH excluding ortho intramolecular Hbond substituents is 1. The Kier molecular flexibility index (Phi) is 13.9. The Morgan fingerprint density at radius 3 is 1.68 bits per heavy atom. The van der Waals surface area contributed by atoms with Gasteiger partial charge in [-0.25, -0.2) is 0 Å². The number of benzene rings is 4. The molecule has 0 amide bonds. The molecule has 318 valence electrons. The summed E-state index contributed by atoms with van der Waals surface area (Å²) in [5, 5.41) is 12.0. The molecule has 3 saturated carbocycles. The molecule has 0 aromatic heterocycles. The molecule has 4 aliphatic carbocycles. The number of hydrogen-bond acceptors (Lipinski definition) is 7. The van der Waals surface area contributed by atoms with E-state index >= 15 is 0 Å². The predicted molar refractivity (Wildman–Crippen MR) is 236 cm³/mol. The zero-order chi connectivity index (χ0) is 42.6. The molecular weight excluding hydrogens is 737 g/mol. The number of fused-ring (bicyclic) bond motifs is 5. The number of esters is 2. The summed E-state index contributed by atoms with van der Waals surface area (Å²) in [5.74, 6) is 6.56. The van der Waals surface area contributed by atoms with Crippen molar-refractivity contribution in [3.8, 4) is 23.0 Å². The summed E-state index contributed by atoms with van der Waals surface area (Å²) < 4.78 is 23.5. The van der Waals surface area contributed by atoms with Crippen LogP contribution in [0, 0.1) is 40.4 Å². The van der Waals surface area contributed by atoms with Crippen LogP contribution in [0.15, 0.2) is 84.9 Å². The van der Waals surface area contributed by atoms with Gasteiger partial charge < -0.3 is 24.1 Å². The van der Waals surface area contributed by atoms with Gasteiger partial charge in [-0.3, -0.25) is 9.59 Å². The van der Waals surface area contributed by atoms with Crippen LogP contribution >= 0.6 is 0 Å². The van der Waals surface area contributed by atoms with Crippen molar-refractivity contribution in [3.05, 3.63) is 96.1 Å². The molecule has 2 bridgehead atoms. The van der Waals surface area contributed by atoms with Crippen LogP contribution in [-0.2, 0) is 14.3 Å². The SMILES string of the molecule is CC1c2cccc3cccc(c23)C1C.CCC(C)(C)C(=O)Oc1ccc(O)cc1.CCC(C)(C)C(=O)Oc1ccc(OC(OC2CC3CC2C2CCCC32)C(C)C)cc1. The molecule has 4 aromatic carbocycles. The first kappa shape index (κ1) is 44.2. The number of hydrogen-bond donors (Lipinski definition) is 1. The minimum absolute atomic E-state index is 0.157. The van der Waals surface area contributed by atoms with Gasteiger partial charge in [0.1, 0.15) is 23.0 Å². The van der Waals surface area contributed by atoms with Gasteiger partial charge in [0, 0.05) is 5.92 Å². The lowest BCUT2D eigenvalue weighted by Crippen LogP contribution is -2.37. The van der Waals surface area contributed by atoms with E-state index in [0.717, 1.165) is 42.3 Å². The van der Waals surface area contributed by atoms with E-state index in [1.165, 1.54) is 66.1 Å². The van der Waals surface area contributed by atoms with Crippen molar-refractivity contribution < 1.29 is 33.6 Å². The fraction of sp³-hybridized carbons (Fsp3) is 0.538. The number of phenols is 1. The predicted octanol–water partition coefficient (Wildman–Crippen LogP) is 13.0. The molecule has 1 N–H and O–H groups in total. The summed E-state index contributed by atoms with van der Waals surface area (Å²) in [4.78, 5) is 23.9. The lowest BCUT2D eigenvalue weighted by atomic mass is 9.80. The minimum Gasteiger partial charge on any atom is -0.508 e. The lowest BCUT2D eigenvalue weighted by molar-refractivity contribution is -0.162. The highest BCUT2D eigenvalue weighted by Crippen LogP contribution is 2.59. The van der Waals surface area contributed by atoms with Crippen LogP contribution < -0.4 is 14.2 Å². The van der Waals surface area contributed by atoms with Crippen molar-refractivity contribution in [1.82, 2.24) is 0 Å². The van der Waals surface area contributed by atoms with E-state index in [1.807, 2.05) is 53.7 Å². The molecule has 59 heavy (non-hydrogen) atoms. The maximum atomic E-state index is 12.3. The summed E-state index contributed by atoms with van der Waals surface area (Å²) in [6, 6.07) is 26.8. The summed E-state index contributed by atoms with van der Waals surface area (Å²) in [7, 11) is 0. The van der Waals surface area contributed by atoms with Crippen molar-refractivity contribution in [2.24, 2.45) is 40.4 Å². The number of carbonyl (C=O) groups excluding carboxylic acids is 2. The van der Waals surface area contributed by atoms with Crippen molar-refractivity contribution in [2.45, 2.75) is 138 Å². The molecule has 8 unspecified atom stereocenters. The number of carbonyl (C=O) groups is 2. The smallest absolute Gasteiger partial charge is 0.316 e. The molecule has 8 atom stereocenters. The second-order valence-corrected chi connectivity index (χ2v) is 19.1. The Hall–Kier alpha value is -4.36. The highest BCUT2D eigenvalue weighted by Gasteiger charge is 2.55. The molecule has 0 heterocycles. The van der Waals surface area contributed by atoms with Gasteiger partial charge in [-0.15, -0.1) is 0 Å². The van der Waals surface area contributed by atoms with E-state index in [2.05, 4.69) is 64.1 Å². The van der Waals surface area contributed by atoms with E-state index in [9.17, 15) is 9.59 Å². The molecule has 4 aliphatic rings. The van der Waals surface area contributed by atoms with Gasteiger partial charge in [0.2, 0.25) is 6.29 Å². The third-order valence-electron chi connectivity index (χ3n) is 14.1. The van der Waals surface area contributed by atoms with Gasteiger partial charge in [-0.05, 0) is 172 Å². The summed E-state index contributed by atoms with van der Waals surface area (Å²) >= 11 is 0. The Bertz CT molecular complexity index is 1990. The molecule has 7 nitrogen and oxygen atoms in total. The highest BCUT2D eigenvalue weighted by molar-refractivity contribution is 5.92. The van der Waals surface area contributed by atoms with Crippen molar-refractivity contribution in [1.29, 1.82) is 0 Å². The normalized spacial score (nSPS) is 24.4. The minimum atomic E-state index is -0.481. The van der Waals surface area contributed by atoms with Crippen LogP contribution in [0.3, 0.4) is 0 Å². The van der Waals surface area contributed by atoms with Gasteiger partial charge in [-0.1, -0.05) is 84.4 Å². The Labute approximate surface area is 353 Å². The van der Waals surface area contributed by atoms with E-state index in [-0.39, 0.29) is 29.9 Å². The molecule has 7 heteroatoms. The van der Waals surface area contributed by atoms with Gasteiger partial charge in [0.15, 0.2) is 0 Å². The van der Waals surface area contributed by atoms with Crippen molar-refractivity contribution in [2.75, 3.05) is 0 Å². The van der Waals surface area contributed by atoms with Crippen molar-refractivity contribution in [3.63, 3.8) is 0 Å². The first-order chi connectivity index (χ1) is 28.0. The van der Waals surface area contributed by atoms with Gasteiger partial charge in [0.05, 0.1) is 16.9 Å². The third-order valence-corrected chi connectivity index (χ3v) is 14.1. The van der Waals surface area contributed by atoms with Gasteiger partial charge >= 0.3 is 11.9 Å². The zero-order valence-corrected chi connectivity index (χ0v) is 37.1. The molecule has 0 saturated heterocycles. The van der Waals surface area contributed by atoms with Crippen LogP contribution in [0.4, 0.5) is 0 Å². The average Bonchev–Trinajstić information content (AvgIpc) is 4.01. The van der Waals surface area contributed by atoms with Gasteiger partial charge in [0.25, 0.3) is 0 Å². The number of ether oxygens (including phenoxy) is 4. The zero-order valence-electron chi connectivity index (χ0n) is 37.1.